The van der Waals surface area contributed by atoms with E-state index in [4.69, 9.17) is 5.11 Å². The Morgan fingerprint density at radius 3 is 2.45 bits per heavy atom. The molecule has 1 saturated heterocycles. The molecule has 0 bridgehead atoms. The van der Waals surface area contributed by atoms with Crippen LogP contribution >= 0.6 is 0 Å². The number of imide groups is 1. The molecule has 2 aliphatic rings. The number of aliphatic hydroxyl groups is 1. The second-order valence-electron chi connectivity index (χ2n) is 9.04. The van der Waals surface area contributed by atoms with Gasteiger partial charge in [-0.15, -0.1) is 0 Å². The van der Waals surface area contributed by atoms with E-state index in [2.05, 4.69) is 12.3 Å². The minimum absolute atomic E-state index is 0.161. The summed E-state index contributed by atoms with van der Waals surface area (Å²) in [7, 11) is 0. The molecule has 1 aliphatic carbocycles. The van der Waals surface area contributed by atoms with Crippen LogP contribution in [0.3, 0.4) is 0 Å². The average Bonchev–Trinajstić information content (AvgIpc) is 2.98. The summed E-state index contributed by atoms with van der Waals surface area (Å²) < 4.78 is 0. The number of unbranched alkanes of at least 4 members (excludes halogenated alkanes) is 5. The molecule has 1 saturated carbocycles. The van der Waals surface area contributed by atoms with Crippen LogP contribution in [-0.4, -0.2) is 63.3 Å². The first-order chi connectivity index (χ1) is 15.0. The topological polar surface area (TPSA) is 110 Å². The maximum atomic E-state index is 13.0. The van der Waals surface area contributed by atoms with Crippen LogP contribution in [0.5, 0.6) is 0 Å². The number of hydrogen-bond acceptors (Lipinski definition) is 5. The van der Waals surface area contributed by atoms with Crippen LogP contribution in [0.1, 0.15) is 96.8 Å². The van der Waals surface area contributed by atoms with Crippen molar-refractivity contribution in [2.75, 3.05) is 13.1 Å². The lowest BCUT2D eigenvalue weighted by Gasteiger charge is -2.29. The summed E-state index contributed by atoms with van der Waals surface area (Å²) in [6, 6.07) is -0.861. The van der Waals surface area contributed by atoms with Gasteiger partial charge in [0.15, 0.2) is 0 Å². The highest BCUT2D eigenvalue weighted by Crippen LogP contribution is 2.27. The molecule has 0 aromatic rings. The molecule has 3 amide bonds. The molecule has 178 valence electrons. The fourth-order valence-electron chi connectivity index (χ4n) is 4.65. The highest BCUT2D eigenvalue weighted by atomic mass is 16.4. The predicted octanol–water partition coefficient (Wildman–Crippen LogP) is 3.68. The molecule has 8 nitrogen and oxygen atoms in total. The molecule has 2 fully saturated rings. The summed E-state index contributed by atoms with van der Waals surface area (Å²) in [6.45, 7) is 2.80. The molecule has 2 rings (SSSR count). The Kier molecular flexibility index (Phi) is 11.3. The van der Waals surface area contributed by atoms with Gasteiger partial charge in [-0.25, -0.2) is 15.2 Å². The minimum atomic E-state index is -0.786. The van der Waals surface area contributed by atoms with E-state index >= 15 is 0 Å². The molecule has 8 heteroatoms. The Labute approximate surface area is 186 Å². The van der Waals surface area contributed by atoms with Crippen LogP contribution < -0.4 is 5.43 Å². The van der Waals surface area contributed by atoms with E-state index in [0.717, 1.165) is 64.2 Å². The molecule has 1 aliphatic heterocycles. The largest absolute Gasteiger partial charge is 0.481 e. The predicted molar refractivity (Wildman–Crippen MR) is 118 cm³/mol. The molecular formula is C23H41N3O5. The van der Waals surface area contributed by atoms with Crippen LogP contribution in [0, 0.1) is 5.92 Å². The van der Waals surface area contributed by atoms with E-state index in [1.54, 1.807) is 0 Å². The van der Waals surface area contributed by atoms with Gasteiger partial charge in [0.05, 0.1) is 6.10 Å². The highest BCUT2D eigenvalue weighted by molar-refractivity contribution is 6.03. The zero-order chi connectivity index (χ0) is 22.6. The normalized spacial score (nSPS) is 21.2. The molecule has 2 atom stereocenters. The van der Waals surface area contributed by atoms with Gasteiger partial charge in [0.2, 0.25) is 0 Å². The van der Waals surface area contributed by atoms with Crippen LogP contribution in [0.2, 0.25) is 0 Å². The van der Waals surface area contributed by atoms with Crippen LogP contribution in [0.4, 0.5) is 4.79 Å². The second kappa shape index (κ2) is 13.7. The quantitative estimate of drug-likeness (QED) is 0.265. The monoisotopic (exact) mass is 439 g/mol. The van der Waals surface area contributed by atoms with Crippen molar-refractivity contribution >= 4 is 17.9 Å². The third kappa shape index (κ3) is 8.07. The molecule has 1 heterocycles. The zero-order valence-corrected chi connectivity index (χ0v) is 19.1. The van der Waals surface area contributed by atoms with Crippen molar-refractivity contribution in [2.45, 2.75) is 109 Å². The first kappa shape index (κ1) is 25.6. The molecule has 31 heavy (non-hydrogen) atoms. The molecular weight excluding hydrogens is 398 g/mol. The van der Waals surface area contributed by atoms with Gasteiger partial charge in [-0.1, -0.05) is 58.3 Å². The van der Waals surface area contributed by atoms with Gasteiger partial charge in [0, 0.05) is 19.5 Å². The van der Waals surface area contributed by atoms with Gasteiger partial charge >= 0.3 is 12.0 Å². The Hall–Kier alpha value is -1.67. The number of urea groups is 1. The highest BCUT2D eigenvalue weighted by Gasteiger charge is 2.44. The van der Waals surface area contributed by atoms with Gasteiger partial charge in [0.1, 0.15) is 6.04 Å². The van der Waals surface area contributed by atoms with Crippen LogP contribution in [0.15, 0.2) is 0 Å². The maximum Gasteiger partial charge on any atom is 0.341 e. The number of carboxylic acids is 1. The van der Waals surface area contributed by atoms with Crippen molar-refractivity contribution in [2.24, 2.45) is 5.92 Å². The number of carboxylic acid groups (broad SMARTS) is 1. The summed E-state index contributed by atoms with van der Waals surface area (Å²) in [5.41, 5.74) is 3.09. The smallest absolute Gasteiger partial charge is 0.341 e. The van der Waals surface area contributed by atoms with Crippen molar-refractivity contribution in [1.82, 2.24) is 15.3 Å². The van der Waals surface area contributed by atoms with E-state index in [9.17, 15) is 19.5 Å². The number of aliphatic carboxylic acids is 1. The Bertz CT molecular complexity index is 580. The molecule has 3 N–H and O–H groups in total. The van der Waals surface area contributed by atoms with Gasteiger partial charge in [0.25, 0.3) is 5.91 Å². The number of hydrogen-bond donors (Lipinski definition) is 3. The van der Waals surface area contributed by atoms with Gasteiger partial charge < -0.3 is 10.2 Å². The molecule has 0 aromatic heterocycles. The lowest BCUT2D eigenvalue weighted by molar-refractivity contribution is -0.137. The number of amides is 3. The van der Waals surface area contributed by atoms with Gasteiger partial charge in [-0.05, 0) is 38.0 Å². The maximum absolute atomic E-state index is 13.0. The number of carbonyl (C=O) groups excluding carboxylic acids is 2. The first-order valence-electron chi connectivity index (χ1n) is 12.2. The van der Waals surface area contributed by atoms with Crippen LogP contribution in [0.25, 0.3) is 0 Å². The van der Waals surface area contributed by atoms with Crippen molar-refractivity contribution in [3.8, 4) is 0 Å². The van der Waals surface area contributed by atoms with Crippen LogP contribution in [-0.2, 0) is 9.59 Å². The lowest BCUT2D eigenvalue weighted by atomic mass is 9.85. The third-order valence-corrected chi connectivity index (χ3v) is 6.57. The van der Waals surface area contributed by atoms with E-state index in [-0.39, 0.29) is 30.8 Å². The SMILES string of the molecule is CCCCCN1C(=O)C(CCCCCCC(=O)O)N(NCC(O)C2CCCCC2)C1=O. The fourth-order valence-corrected chi connectivity index (χ4v) is 4.65. The average molecular weight is 440 g/mol. The van der Waals surface area contributed by atoms with E-state index in [1.165, 1.54) is 16.3 Å². The van der Waals surface area contributed by atoms with Gasteiger partial charge in [-0.2, -0.15) is 0 Å². The van der Waals surface area contributed by atoms with Crippen molar-refractivity contribution < 1.29 is 24.6 Å². The Morgan fingerprint density at radius 2 is 1.77 bits per heavy atom. The standard InChI is InChI=1S/C23H41N3O5/c1-2-3-11-16-25-22(30)19(14-9-4-5-10-15-21(28)29)26(23(25)31)24-17-20(27)18-12-7-6-8-13-18/h18-20,24,27H,2-17H2,1H3,(H,28,29). The minimum Gasteiger partial charge on any atom is -0.481 e. The number of carbonyl (C=O) groups is 3. The zero-order valence-electron chi connectivity index (χ0n) is 19.1. The van der Waals surface area contributed by atoms with E-state index in [1.807, 2.05) is 0 Å². The lowest BCUT2D eigenvalue weighted by Crippen LogP contribution is -2.49. The summed E-state index contributed by atoms with van der Waals surface area (Å²) in [6.07, 6.45) is 11.5. The number of rotatable bonds is 15. The number of hydrazine groups is 1. The fraction of sp³-hybridized carbons (Fsp3) is 0.870. The van der Waals surface area contributed by atoms with Crippen molar-refractivity contribution in [3.63, 3.8) is 0 Å². The number of nitrogens with zero attached hydrogens (tertiary/aromatic N) is 2. The van der Waals surface area contributed by atoms with Gasteiger partial charge in [-0.3, -0.25) is 14.5 Å². The van der Waals surface area contributed by atoms with Crippen molar-refractivity contribution in [3.05, 3.63) is 0 Å². The Morgan fingerprint density at radius 1 is 1.06 bits per heavy atom. The third-order valence-electron chi connectivity index (χ3n) is 6.57. The van der Waals surface area contributed by atoms with E-state index < -0.39 is 18.1 Å². The Balaban J connectivity index is 1.90. The summed E-state index contributed by atoms with van der Waals surface area (Å²) in [5.74, 6) is -0.694. The second-order valence-corrected chi connectivity index (χ2v) is 9.04. The molecule has 0 aromatic carbocycles. The summed E-state index contributed by atoms with van der Waals surface area (Å²) in [5, 5.41) is 20.8. The van der Waals surface area contributed by atoms with E-state index in [0.29, 0.717) is 19.4 Å². The molecule has 0 radical (unpaired) electrons. The number of aliphatic hydroxyl groups excluding tert-OH is 1. The summed E-state index contributed by atoms with van der Waals surface area (Å²) >= 11 is 0. The van der Waals surface area contributed by atoms with Crippen molar-refractivity contribution in [1.29, 1.82) is 0 Å². The summed E-state index contributed by atoms with van der Waals surface area (Å²) in [4.78, 5) is 37.9. The molecule has 2 unspecified atom stereocenters. The number of nitrogens with one attached hydrogen (secondary N) is 1. The molecule has 0 spiro atoms. The first-order valence-corrected chi connectivity index (χ1v) is 12.2.